The SMILES string of the molecule is COc1cc(Cl)ccc1C(O)C1CC1. The van der Waals surface area contributed by atoms with Gasteiger partial charge in [0.1, 0.15) is 5.75 Å². The number of ether oxygens (including phenoxy) is 1. The number of benzene rings is 1. The lowest BCUT2D eigenvalue weighted by Gasteiger charge is -2.14. The van der Waals surface area contributed by atoms with Gasteiger partial charge in [-0.25, -0.2) is 0 Å². The second kappa shape index (κ2) is 3.79. The third-order valence-corrected chi connectivity index (χ3v) is 2.82. The lowest BCUT2D eigenvalue weighted by atomic mass is 10.0. The third kappa shape index (κ3) is 1.86. The van der Waals surface area contributed by atoms with Crippen LogP contribution >= 0.6 is 11.6 Å². The molecule has 1 saturated carbocycles. The van der Waals surface area contributed by atoms with Gasteiger partial charge in [-0.3, -0.25) is 0 Å². The number of methoxy groups -OCH3 is 1. The summed E-state index contributed by atoms with van der Waals surface area (Å²) < 4.78 is 5.18. The van der Waals surface area contributed by atoms with E-state index >= 15 is 0 Å². The molecule has 0 amide bonds. The van der Waals surface area contributed by atoms with E-state index in [4.69, 9.17) is 16.3 Å². The van der Waals surface area contributed by atoms with E-state index in [0.717, 1.165) is 18.4 Å². The summed E-state index contributed by atoms with van der Waals surface area (Å²) in [5.74, 6) is 1.09. The smallest absolute Gasteiger partial charge is 0.126 e. The molecule has 2 rings (SSSR count). The molecule has 1 atom stereocenters. The van der Waals surface area contributed by atoms with Crippen LogP contribution in [0.4, 0.5) is 0 Å². The Morgan fingerprint density at radius 2 is 2.21 bits per heavy atom. The van der Waals surface area contributed by atoms with Crippen molar-refractivity contribution in [2.75, 3.05) is 7.11 Å². The molecule has 1 aliphatic carbocycles. The van der Waals surface area contributed by atoms with Crippen LogP contribution in [0.5, 0.6) is 5.75 Å². The quantitative estimate of drug-likeness (QED) is 0.835. The Labute approximate surface area is 88.5 Å². The van der Waals surface area contributed by atoms with E-state index in [2.05, 4.69) is 0 Å². The number of hydrogen-bond donors (Lipinski definition) is 1. The summed E-state index contributed by atoms with van der Waals surface area (Å²) >= 11 is 5.83. The van der Waals surface area contributed by atoms with Crippen molar-refractivity contribution in [3.8, 4) is 5.75 Å². The Bertz CT molecular complexity index is 334. The maximum Gasteiger partial charge on any atom is 0.126 e. The topological polar surface area (TPSA) is 29.5 Å². The van der Waals surface area contributed by atoms with E-state index in [1.165, 1.54) is 0 Å². The number of rotatable bonds is 3. The van der Waals surface area contributed by atoms with Crippen LogP contribution in [-0.4, -0.2) is 12.2 Å². The highest BCUT2D eigenvalue weighted by molar-refractivity contribution is 6.30. The predicted octanol–water partition coefficient (Wildman–Crippen LogP) is 2.79. The fraction of sp³-hybridized carbons (Fsp3) is 0.455. The highest BCUT2D eigenvalue weighted by atomic mass is 35.5. The van der Waals surface area contributed by atoms with Crippen molar-refractivity contribution >= 4 is 11.6 Å². The van der Waals surface area contributed by atoms with Crippen molar-refractivity contribution in [3.05, 3.63) is 28.8 Å². The molecule has 1 fully saturated rings. The molecule has 2 nitrogen and oxygen atoms in total. The molecular formula is C11H13ClO2. The Kier molecular flexibility index (Phi) is 2.66. The number of halogens is 1. The van der Waals surface area contributed by atoms with Crippen molar-refractivity contribution in [3.63, 3.8) is 0 Å². The molecule has 0 spiro atoms. The minimum atomic E-state index is -0.401. The van der Waals surface area contributed by atoms with Crippen LogP contribution in [0.15, 0.2) is 18.2 Å². The van der Waals surface area contributed by atoms with Gasteiger partial charge < -0.3 is 9.84 Å². The second-order valence-corrected chi connectivity index (χ2v) is 4.10. The zero-order chi connectivity index (χ0) is 10.1. The van der Waals surface area contributed by atoms with Crippen molar-refractivity contribution in [2.45, 2.75) is 18.9 Å². The molecule has 0 aliphatic heterocycles. The predicted molar refractivity (Wildman–Crippen MR) is 55.7 cm³/mol. The lowest BCUT2D eigenvalue weighted by molar-refractivity contribution is 0.150. The first-order chi connectivity index (χ1) is 6.72. The van der Waals surface area contributed by atoms with Crippen LogP contribution in [0.3, 0.4) is 0 Å². The van der Waals surface area contributed by atoms with Crippen LogP contribution in [-0.2, 0) is 0 Å². The van der Waals surface area contributed by atoms with Crippen molar-refractivity contribution in [2.24, 2.45) is 5.92 Å². The van der Waals surface area contributed by atoms with Gasteiger partial charge in [0.15, 0.2) is 0 Å². The van der Waals surface area contributed by atoms with E-state index in [1.54, 1.807) is 19.2 Å². The second-order valence-electron chi connectivity index (χ2n) is 3.67. The molecule has 76 valence electrons. The van der Waals surface area contributed by atoms with Crippen LogP contribution in [0.25, 0.3) is 0 Å². The molecule has 0 heterocycles. The molecule has 14 heavy (non-hydrogen) atoms. The minimum Gasteiger partial charge on any atom is -0.496 e. The monoisotopic (exact) mass is 212 g/mol. The molecular weight excluding hydrogens is 200 g/mol. The molecule has 1 N–H and O–H groups in total. The van der Waals surface area contributed by atoms with E-state index in [9.17, 15) is 5.11 Å². The standard InChI is InChI=1S/C11H13ClO2/c1-14-10-6-8(12)4-5-9(10)11(13)7-2-3-7/h4-7,11,13H,2-3H2,1H3. The van der Waals surface area contributed by atoms with Gasteiger partial charge in [0.25, 0.3) is 0 Å². The summed E-state index contributed by atoms with van der Waals surface area (Å²) in [7, 11) is 1.59. The van der Waals surface area contributed by atoms with Crippen molar-refractivity contribution in [1.29, 1.82) is 0 Å². The van der Waals surface area contributed by atoms with Gasteiger partial charge in [0.05, 0.1) is 13.2 Å². The van der Waals surface area contributed by atoms with E-state index < -0.39 is 6.10 Å². The van der Waals surface area contributed by atoms with Crippen molar-refractivity contribution < 1.29 is 9.84 Å². The van der Waals surface area contributed by atoms with Gasteiger partial charge in [-0.2, -0.15) is 0 Å². The highest BCUT2D eigenvalue weighted by Crippen LogP contribution is 2.43. The van der Waals surface area contributed by atoms with E-state index in [0.29, 0.717) is 16.7 Å². The van der Waals surface area contributed by atoms with Gasteiger partial charge >= 0.3 is 0 Å². The Hall–Kier alpha value is -0.730. The number of aliphatic hydroxyl groups is 1. The summed E-state index contributed by atoms with van der Waals surface area (Å²) in [5, 5.41) is 10.6. The van der Waals surface area contributed by atoms with Gasteiger partial charge in [-0.15, -0.1) is 0 Å². The summed E-state index contributed by atoms with van der Waals surface area (Å²) in [4.78, 5) is 0. The van der Waals surface area contributed by atoms with Crippen LogP contribution in [0.1, 0.15) is 24.5 Å². The largest absolute Gasteiger partial charge is 0.496 e. The van der Waals surface area contributed by atoms with Crippen LogP contribution in [0.2, 0.25) is 5.02 Å². The van der Waals surface area contributed by atoms with E-state index in [1.807, 2.05) is 6.07 Å². The number of hydrogen-bond acceptors (Lipinski definition) is 2. The lowest BCUT2D eigenvalue weighted by Crippen LogP contribution is -2.02. The Balaban J connectivity index is 2.30. The average Bonchev–Trinajstić information content (AvgIpc) is 3.00. The van der Waals surface area contributed by atoms with E-state index in [-0.39, 0.29) is 0 Å². The molecule has 1 aromatic carbocycles. The molecule has 0 bridgehead atoms. The first-order valence-corrected chi connectivity index (χ1v) is 5.11. The highest BCUT2D eigenvalue weighted by Gasteiger charge is 2.32. The molecule has 1 unspecified atom stereocenters. The summed E-state index contributed by atoms with van der Waals surface area (Å²) in [6.45, 7) is 0. The first-order valence-electron chi connectivity index (χ1n) is 4.74. The summed E-state index contributed by atoms with van der Waals surface area (Å²) in [6.07, 6.45) is 1.81. The fourth-order valence-corrected chi connectivity index (χ4v) is 1.76. The third-order valence-electron chi connectivity index (χ3n) is 2.58. The number of aliphatic hydroxyl groups excluding tert-OH is 1. The fourth-order valence-electron chi connectivity index (χ4n) is 1.60. The summed E-state index contributed by atoms with van der Waals surface area (Å²) in [6, 6.07) is 5.36. The first kappa shape index (κ1) is 9.81. The molecule has 0 aromatic heterocycles. The summed E-state index contributed by atoms with van der Waals surface area (Å²) in [5.41, 5.74) is 0.847. The molecule has 1 aliphatic rings. The van der Waals surface area contributed by atoms with Gasteiger partial charge in [-0.1, -0.05) is 17.7 Å². The van der Waals surface area contributed by atoms with Crippen LogP contribution in [0, 0.1) is 5.92 Å². The van der Waals surface area contributed by atoms with Crippen molar-refractivity contribution in [1.82, 2.24) is 0 Å². The average molecular weight is 213 g/mol. The van der Waals surface area contributed by atoms with Gasteiger partial charge in [0.2, 0.25) is 0 Å². The molecule has 3 heteroatoms. The molecule has 0 saturated heterocycles. The Morgan fingerprint density at radius 1 is 1.50 bits per heavy atom. The maximum atomic E-state index is 9.94. The normalized spacial score (nSPS) is 17.9. The zero-order valence-corrected chi connectivity index (χ0v) is 8.79. The van der Waals surface area contributed by atoms with Crippen LogP contribution < -0.4 is 4.74 Å². The van der Waals surface area contributed by atoms with Gasteiger partial charge in [-0.05, 0) is 30.9 Å². The van der Waals surface area contributed by atoms with Gasteiger partial charge in [0, 0.05) is 10.6 Å². The zero-order valence-electron chi connectivity index (χ0n) is 8.03. The minimum absolute atomic E-state index is 0.401. The Morgan fingerprint density at radius 3 is 2.79 bits per heavy atom. The molecule has 0 radical (unpaired) electrons. The maximum absolute atomic E-state index is 9.94. The molecule has 1 aromatic rings.